The average Bonchev–Trinajstić information content (AvgIpc) is 2.35. The molecule has 1 heterocycles. The molecule has 0 atom stereocenters. The van der Waals surface area contributed by atoms with Crippen LogP contribution < -0.4 is 0 Å². The zero-order valence-corrected chi connectivity index (χ0v) is 7.09. The Labute approximate surface area is 71.2 Å². The average molecular weight is 213 g/mol. The molecule has 0 radical (unpaired) electrons. The number of aromatic amines is 1. The maximum atomic E-state index is 9.28. The highest BCUT2D eigenvalue weighted by Gasteiger charge is 2.04. The fourth-order valence-corrected chi connectivity index (χ4v) is 1.40. The normalized spacial score (nSPS) is 10.6. The second-order valence-corrected chi connectivity index (χ2v) is 3.00. The Morgan fingerprint density at radius 2 is 2.27 bits per heavy atom. The van der Waals surface area contributed by atoms with E-state index in [4.69, 9.17) is 0 Å². The Hall–Kier alpha value is -1.03. The molecule has 0 bridgehead atoms. The van der Waals surface area contributed by atoms with Crippen LogP contribution >= 0.6 is 15.9 Å². The van der Waals surface area contributed by atoms with E-state index in [-0.39, 0.29) is 5.75 Å². The van der Waals surface area contributed by atoms with Crippen LogP contribution in [0.3, 0.4) is 0 Å². The number of hydrogen-bond donors (Lipinski definition) is 2. The van der Waals surface area contributed by atoms with Crippen molar-refractivity contribution in [2.75, 3.05) is 0 Å². The van der Waals surface area contributed by atoms with Crippen LogP contribution in [0.5, 0.6) is 5.75 Å². The van der Waals surface area contributed by atoms with Gasteiger partial charge in [0.1, 0.15) is 15.9 Å². The molecule has 11 heavy (non-hydrogen) atoms. The largest absolute Gasteiger partial charge is 0.506 e. The van der Waals surface area contributed by atoms with Crippen molar-refractivity contribution < 1.29 is 5.11 Å². The number of fused-ring (bicyclic) bond motifs is 1. The molecular weight excluding hydrogens is 208 g/mol. The SMILES string of the molecule is Oc1cccc2c(Br)[nH]nc12. The number of H-pyrrole nitrogens is 1. The lowest BCUT2D eigenvalue weighted by Crippen LogP contribution is -1.68. The fourth-order valence-electron chi connectivity index (χ4n) is 0.991. The molecule has 0 aliphatic rings. The summed E-state index contributed by atoms with van der Waals surface area (Å²) in [7, 11) is 0. The van der Waals surface area contributed by atoms with Crippen LogP contribution in [0.1, 0.15) is 0 Å². The number of nitrogens with zero attached hydrogens (tertiary/aromatic N) is 1. The number of phenolic OH excluding ortho intramolecular Hbond substituents is 1. The van der Waals surface area contributed by atoms with Gasteiger partial charge in [0, 0.05) is 5.39 Å². The Balaban J connectivity index is 2.94. The van der Waals surface area contributed by atoms with Gasteiger partial charge < -0.3 is 5.11 Å². The molecule has 0 unspecified atom stereocenters. The molecule has 0 saturated heterocycles. The van der Waals surface area contributed by atoms with Crippen molar-refractivity contribution in [1.82, 2.24) is 10.2 Å². The Morgan fingerprint density at radius 3 is 3.00 bits per heavy atom. The van der Waals surface area contributed by atoms with Gasteiger partial charge in [-0.15, -0.1) is 0 Å². The van der Waals surface area contributed by atoms with Crippen LogP contribution in [0.2, 0.25) is 0 Å². The van der Waals surface area contributed by atoms with Gasteiger partial charge in [-0.3, -0.25) is 5.10 Å². The molecule has 0 aliphatic carbocycles. The quantitative estimate of drug-likeness (QED) is 0.703. The van der Waals surface area contributed by atoms with E-state index in [2.05, 4.69) is 26.1 Å². The highest BCUT2D eigenvalue weighted by molar-refractivity contribution is 9.10. The van der Waals surface area contributed by atoms with Crippen molar-refractivity contribution in [3.63, 3.8) is 0 Å². The van der Waals surface area contributed by atoms with Crippen LogP contribution in [-0.4, -0.2) is 15.3 Å². The summed E-state index contributed by atoms with van der Waals surface area (Å²) in [6, 6.07) is 5.26. The van der Waals surface area contributed by atoms with Crippen molar-refractivity contribution in [3.05, 3.63) is 22.8 Å². The van der Waals surface area contributed by atoms with Gasteiger partial charge in [-0.25, -0.2) is 0 Å². The number of halogens is 1. The van der Waals surface area contributed by atoms with Crippen LogP contribution in [0.25, 0.3) is 10.9 Å². The summed E-state index contributed by atoms with van der Waals surface area (Å²) in [5, 5.41) is 16.8. The van der Waals surface area contributed by atoms with E-state index in [0.29, 0.717) is 5.52 Å². The number of para-hydroxylation sites is 1. The number of rotatable bonds is 0. The maximum absolute atomic E-state index is 9.28. The molecule has 2 N–H and O–H groups in total. The van der Waals surface area contributed by atoms with Crippen LogP contribution in [0, 0.1) is 0 Å². The summed E-state index contributed by atoms with van der Waals surface area (Å²) in [5.74, 6) is 0.199. The molecule has 2 aromatic rings. The van der Waals surface area contributed by atoms with Gasteiger partial charge in [0.25, 0.3) is 0 Å². The van der Waals surface area contributed by atoms with Gasteiger partial charge in [-0.1, -0.05) is 6.07 Å². The maximum Gasteiger partial charge on any atom is 0.143 e. The minimum Gasteiger partial charge on any atom is -0.506 e. The summed E-state index contributed by atoms with van der Waals surface area (Å²) in [5.41, 5.74) is 0.597. The van der Waals surface area contributed by atoms with Crippen LogP contribution in [0.15, 0.2) is 22.8 Å². The summed E-state index contributed by atoms with van der Waals surface area (Å²) in [6.07, 6.45) is 0. The van der Waals surface area contributed by atoms with Crippen molar-refractivity contribution in [1.29, 1.82) is 0 Å². The zero-order valence-electron chi connectivity index (χ0n) is 5.50. The first-order chi connectivity index (χ1) is 5.29. The summed E-state index contributed by atoms with van der Waals surface area (Å²) >= 11 is 3.27. The van der Waals surface area contributed by atoms with Gasteiger partial charge in [0.05, 0.1) is 0 Å². The lowest BCUT2D eigenvalue weighted by atomic mass is 10.2. The second kappa shape index (κ2) is 2.23. The van der Waals surface area contributed by atoms with E-state index < -0.39 is 0 Å². The first kappa shape index (κ1) is 6.67. The Bertz CT molecular complexity index is 396. The van der Waals surface area contributed by atoms with E-state index in [1.165, 1.54) is 0 Å². The first-order valence-electron chi connectivity index (χ1n) is 3.10. The molecule has 1 aromatic heterocycles. The molecular formula is C7H5BrN2O. The van der Waals surface area contributed by atoms with Gasteiger partial charge in [0.2, 0.25) is 0 Å². The molecule has 0 aliphatic heterocycles. The summed E-state index contributed by atoms with van der Waals surface area (Å²) in [6.45, 7) is 0. The molecule has 0 saturated carbocycles. The molecule has 0 amide bonds. The smallest absolute Gasteiger partial charge is 0.143 e. The van der Waals surface area contributed by atoms with Gasteiger partial charge in [-0.05, 0) is 28.1 Å². The minimum atomic E-state index is 0.199. The lowest BCUT2D eigenvalue weighted by molar-refractivity contribution is 0.480. The third kappa shape index (κ3) is 0.903. The molecule has 56 valence electrons. The fraction of sp³-hybridized carbons (Fsp3) is 0. The number of benzene rings is 1. The highest BCUT2D eigenvalue weighted by Crippen LogP contribution is 2.26. The third-order valence-corrected chi connectivity index (χ3v) is 2.12. The third-order valence-electron chi connectivity index (χ3n) is 1.52. The summed E-state index contributed by atoms with van der Waals surface area (Å²) in [4.78, 5) is 0. The molecule has 0 spiro atoms. The van der Waals surface area contributed by atoms with Gasteiger partial charge in [0.15, 0.2) is 0 Å². The number of nitrogens with one attached hydrogen (secondary N) is 1. The van der Waals surface area contributed by atoms with Crippen molar-refractivity contribution in [3.8, 4) is 5.75 Å². The number of aromatic hydroxyl groups is 1. The van der Waals surface area contributed by atoms with E-state index in [9.17, 15) is 5.11 Å². The molecule has 3 nitrogen and oxygen atoms in total. The Kier molecular flexibility index (Phi) is 1.35. The van der Waals surface area contributed by atoms with Crippen molar-refractivity contribution in [2.24, 2.45) is 0 Å². The second-order valence-electron chi connectivity index (χ2n) is 2.21. The summed E-state index contributed by atoms with van der Waals surface area (Å²) < 4.78 is 0.795. The predicted molar refractivity (Wildman–Crippen MR) is 45.5 cm³/mol. The van der Waals surface area contributed by atoms with E-state index >= 15 is 0 Å². The zero-order chi connectivity index (χ0) is 7.84. The standard InChI is InChI=1S/C7H5BrN2O/c8-7-4-2-1-3-5(11)6(4)9-10-7/h1-3,11H,(H,9,10). The topological polar surface area (TPSA) is 48.9 Å². The molecule has 2 rings (SSSR count). The van der Waals surface area contributed by atoms with Crippen LogP contribution in [-0.2, 0) is 0 Å². The number of hydrogen-bond acceptors (Lipinski definition) is 2. The monoisotopic (exact) mass is 212 g/mol. The van der Waals surface area contributed by atoms with Crippen molar-refractivity contribution in [2.45, 2.75) is 0 Å². The van der Waals surface area contributed by atoms with E-state index in [1.807, 2.05) is 6.07 Å². The van der Waals surface area contributed by atoms with E-state index in [0.717, 1.165) is 9.99 Å². The predicted octanol–water partition coefficient (Wildman–Crippen LogP) is 2.03. The van der Waals surface area contributed by atoms with Crippen LogP contribution in [0.4, 0.5) is 0 Å². The highest BCUT2D eigenvalue weighted by atomic mass is 79.9. The van der Waals surface area contributed by atoms with E-state index in [1.54, 1.807) is 12.1 Å². The van der Waals surface area contributed by atoms with Crippen molar-refractivity contribution >= 4 is 26.8 Å². The minimum absolute atomic E-state index is 0.199. The molecule has 4 heteroatoms. The molecule has 0 fully saturated rings. The molecule has 1 aromatic carbocycles. The van der Waals surface area contributed by atoms with Gasteiger partial charge >= 0.3 is 0 Å². The first-order valence-corrected chi connectivity index (χ1v) is 3.90. The number of aromatic nitrogens is 2. The number of phenols is 1. The lowest BCUT2D eigenvalue weighted by Gasteiger charge is -1.90. The van der Waals surface area contributed by atoms with Gasteiger partial charge in [-0.2, -0.15) is 5.10 Å². The Morgan fingerprint density at radius 1 is 1.45 bits per heavy atom.